The fourth-order valence-corrected chi connectivity index (χ4v) is 2.23. The van der Waals surface area contributed by atoms with E-state index in [0.29, 0.717) is 11.0 Å². The second-order valence-electron chi connectivity index (χ2n) is 4.20. The first-order chi connectivity index (χ1) is 9.13. The second-order valence-corrected chi connectivity index (χ2v) is 5.05. The van der Waals surface area contributed by atoms with Crippen LogP contribution in [0.4, 0.5) is 8.78 Å². The largest absolute Gasteiger partial charge is 0.313 e. The highest BCUT2D eigenvalue weighted by molar-refractivity contribution is 9.10. The first kappa shape index (κ1) is 14.2. The lowest BCUT2D eigenvalue weighted by Crippen LogP contribution is -2.11. The molecule has 100 valence electrons. The fraction of sp³-hybridized carbons (Fsp3) is 0.200. The molecule has 0 amide bonds. The van der Waals surface area contributed by atoms with Gasteiger partial charge in [0.05, 0.1) is 4.47 Å². The summed E-state index contributed by atoms with van der Waals surface area (Å²) in [5.74, 6) is -0.853. The highest BCUT2D eigenvalue weighted by Gasteiger charge is 2.12. The molecule has 0 atom stereocenters. The van der Waals surface area contributed by atoms with Crippen LogP contribution in [0.1, 0.15) is 12.5 Å². The third-order valence-electron chi connectivity index (χ3n) is 2.85. The van der Waals surface area contributed by atoms with Crippen molar-refractivity contribution in [2.45, 2.75) is 13.5 Å². The van der Waals surface area contributed by atoms with Crippen LogP contribution in [0.3, 0.4) is 0 Å². The normalized spacial score (nSPS) is 10.7. The molecule has 0 aliphatic rings. The molecule has 0 radical (unpaired) electrons. The molecule has 2 aromatic carbocycles. The van der Waals surface area contributed by atoms with Crippen LogP contribution >= 0.6 is 15.9 Å². The number of hydrogen-bond donors (Lipinski definition) is 1. The monoisotopic (exact) mass is 325 g/mol. The maximum Gasteiger partial charge on any atom is 0.145 e. The predicted molar refractivity (Wildman–Crippen MR) is 76.9 cm³/mol. The summed E-state index contributed by atoms with van der Waals surface area (Å²) in [6.45, 7) is 3.42. The van der Waals surface area contributed by atoms with Gasteiger partial charge in [-0.05, 0) is 40.2 Å². The van der Waals surface area contributed by atoms with Gasteiger partial charge in [-0.2, -0.15) is 0 Å². The summed E-state index contributed by atoms with van der Waals surface area (Å²) in [5.41, 5.74) is 1.39. The van der Waals surface area contributed by atoms with Crippen molar-refractivity contribution in [2.24, 2.45) is 0 Å². The first-order valence-electron chi connectivity index (χ1n) is 6.07. The summed E-state index contributed by atoms with van der Waals surface area (Å²) >= 11 is 3.11. The van der Waals surface area contributed by atoms with Crippen molar-refractivity contribution in [3.63, 3.8) is 0 Å². The van der Waals surface area contributed by atoms with Crippen LogP contribution < -0.4 is 5.32 Å². The Labute approximate surface area is 119 Å². The zero-order valence-corrected chi connectivity index (χ0v) is 12.1. The zero-order chi connectivity index (χ0) is 13.8. The van der Waals surface area contributed by atoms with Crippen LogP contribution in [-0.4, -0.2) is 6.54 Å². The Morgan fingerprint density at radius 1 is 1.11 bits per heavy atom. The zero-order valence-electron chi connectivity index (χ0n) is 10.5. The fourth-order valence-electron chi connectivity index (χ4n) is 1.87. The number of hydrogen-bond acceptors (Lipinski definition) is 1. The average molecular weight is 326 g/mol. The summed E-state index contributed by atoms with van der Waals surface area (Å²) in [7, 11) is 0. The van der Waals surface area contributed by atoms with Gasteiger partial charge in [0.1, 0.15) is 11.6 Å². The minimum absolute atomic E-state index is 0.266. The summed E-state index contributed by atoms with van der Waals surface area (Å²) in [6, 6.07) is 9.72. The Balaban J connectivity index is 2.38. The van der Waals surface area contributed by atoms with Crippen LogP contribution in [0.15, 0.2) is 40.9 Å². The molecule has 0 fully saturated rings. The summed E-state index contributed by atoms with van der Waals surface area (Å²) in [5, 5.41) is 3.12. The van der Waals surface area contributed by atoms with Crippen LogP contribution in [0.25, 0.3) is 11.1 Å². The molecule has 0 spiro atoms. The van der Waals surface area contributed by atoms with Gasteiger partial charge < -0.3 is 5.32 Å². The number of rotatable bonds is 4. The van der Waals surface area contributed by atoms with Crippen molar-refractivity contribution < 1.29 is 8.78 Å². The van der Waals surface area contributed by atoms with Gasteiger partial charge in [0.15, 0.2) is 0 Å². The molecule has 2 rings (SSSR count). The molecule has 0 saturated carbocycles. The third-order valence-corrected chi connectivity index (χ3v) is 3.47. The summed E-state index contributed by atoms with van der Waals surface area (Å²) < 4.78 is 28.3. The van der Waals surface area contributed by atoms with E-state index >= 15 is 0 Å². The highest BCUT2D eigenvalue weighted by Crippen LogP contribution is 2.30. The molecule has 0 heterocycles. The van der Waals surface area contributed by atoms with Crippen molar-refractivity contribution in [3.05, 3.63) is 58.1 Å². The minimum atomic E-state index is -0.444. The van der Waals surface area contributed by atoms with Crippen molar-refractivity contribution in [2.75, 3.05) is 6.54 Å². The van der Waals surface area contributed by atoms with Crippen molar-refractivity contribution in [1.82, 2.24) is 5.32 Å². The van der Waals surface area contributed by atoms with Crippen molar-refractivity contribution in [3.8, 4) is 11.1 Å². The van der Waals surface area contributed by atoms with Gasteiger partial charge >= 0.3 is 0 Å². The van der Waals surface area contributed by atoms with Gasteiger partial charge in [0, 0.05) is 17.7 Å². The molecule has 0 saturated heterocycles. The van der Waals surface area contributed by atoms with E-state index < -0.39 is 11.6 Å². The van der Waals surface area contributed by atoms with Crippen LogP contribution in [0.2, 0.25) is 0 Å². The van der Waals surface area contributed by atoms with E-state index in [1.807, 2.05) is 6.92 Å². The average Bonchev–Trinajstić information content (AvgIpc) is 2.40. The number of benzene rings is 2. The topological polar surface area (TPSA) is 12.0 Å². The number of nitrogens with one attached hydrogen (secondary N) is 1. The van der Waals surface area contributed by atoms with Gasteiger partial charge in [0.25, 0.3) is 0 Å². The van der Waals surface area contributed by atoms with E-state index in [0.717, 1.165) is 12.1 Å². The van der Waals surface area contributed by atoms with E-state index in [4.69, 9.17) is 0 Å². The molecule has 1 nitrogen and oxygen atoms in total. The quantitative estimate of drug-likeness (QED) is 0.872. The second kappa shape index (κ2) is 6.26. The van der Waals surface area contributed by atoms with Crippen LogP contribution in [0, 0.1) is 11.6 Å². The third kappa shape index (κ3) is 3.19. The lowest BCUT2D eigenvalue weighted by molar-refractivity contribution is 0.610. The molecule has 2 aromatic rings. The van der Waals surface area contributed by atoms with Gasteiger partial charge in [-0.1, -0.05) is 31.2 Å². The van der Waals surface area contributed by atoms with Crippen LogP contribution in [0.5, 0.6) is 0 Å². The lowest BCUT2D eigenvalue weighted by Gasteiger charge is -2.08. The Hall–Kier alpha value is -1.26. The Kier molecular flexibility index (Phi) is 4.66. The van der Waals surface area contributed by atoms with Gasteiger partial charge in [-0.3, -0.25) is 0 Å². The van der Waals surface area contributed by atoms with E-state index in [1.54, 1.807) is 30.3 Å². The molecule has 0 unspecified atom stereocenters. The SMILES string of the molecule is CCNCc1ccc(-c2cccc(Br)c2F)c(F)c1. The van der Waals surface area contributed by atoms with Crippen molar-refractivity contribution >= 4 is 15.9 Å². The van der Waals surface area contributed by atoms with Gasteiger partial charge in [0.2, 0.25) is 0 Å². The minimum Gasteiger partial charge on any atom is -0.313 e. The van der Waals surface area contributed by atoms with Gasteiger partial charge in [-0.15, -0.1) is 0 Å². The smallest absolute Gasteiger partial charge is 0.145 e. The van der Waals surface area contributed by atoms with Crippen LogP contribution in [-0.2, 0) is 6.54 Å². The van der Waals surface area contributed by atoms with E-state index in [-0.39, 0.29) is 11.1 Å². The molecular weight excluding hydrogens is 312 g/mol. The molecular formula is C15H14BrF2N. The summed E-state index contributed by atoms with van der Waals surface area (Å²) in [4.78, 5) is 0. The Morgan fingerprint density at radius 2 is 1.89 bits per heavy atom. The Morgan fingerprint density at radius 3 is 2.58 bits per heavy atom. The standard InChI is InChI=1S/C15H14BrF2N/c1-2-19-9-10-6-7-11(14(17)8-10)12-4-3-5-13(16)15(12)18/h3-8,19H,2,9H2,1H3. The molecule has 0 aliphatic carbocycles. The maximum atomic E-state index is 14.1. The number of halogens is 3. The summed E-state index contributed by atoms with van der Waals surface area (Å²) in [6.07, 6.45) is 0. The molecule has 0 aliphatic heterocycles. The van der Waals surface area contributed by atoms with E-state index in [1.165, 1.54) is 6.07 Å². The highest BCUT2D eigenvalue weighted by atomic mass is 79.9. The first-order valence-corrected chi connectivity index (χ1v) is 6.86. The van der Waals surface area contributed by atoms with E-state index in [9.17, 15) is 8.78 Å². The van der Waals surface area contributed by atoms with E-state index in [2.05, 4.69) is 21.2 Å². The molecule has 19 heavy (non-hydrogen) atoms. The van der Waals surface area contributed by atoms with Crippen molar-refractivity contribution in [1.29, 1.82) is 0 Å². The maximum absolute atomic E-state index is 14.1. The lowest BCUT2D eigenvalue weighted by atomic mass is 10.0. The Bertz CT molecular complexity index is 584. The molecule has 4 heteroatoms. The molecule has 0 bridgehead atoms. The molecule has 0 aromatic heterocycles. The van der Waals surface area contributed by atoms with Gasteiger partial charge in [-0.25, -0.2) is 8.78 Å². The predicted octanol–water partition coefficient (Wildman–Crippen LogP) is 4.50. The molecule has 1 N–H and O–H groups in total.